The number of rotatable bonds is 2. The number of aromatic hydroxyl groups is 1. The lowest BCUT2D eigenvalue weighted by Gasteiger charge is -2.14. The lowest BCUT2D eigenvalue weighted by molar-refractivity contribution is -0.117. The number of amides is 2. The quantitative estimate of drug-likeness (QED) is 0.675. The molecule has 0 spiro atoms. The maximum atomic E-state index is 12.7. The molecule has 3 aromatic carbocycles. The second-order valence-electron chi connectivity index (χ2n) is 6.10. The molecule has 0 bridgehead atoms. The van der Waals surface area contributed by atoms with E-state index in [2.05, 4.69) is 10.6 Å². The third-order valence-corrected chi connectivity index (χ3v) is 4.42. The highest BCUT2D eigenvalue weighted by atomic mass is 16.3. The Kier molecular flexibility index (Phi) is 3.61. The van der Waals surface area contributed by atoms with Gasteiger partial charge < -0.3 is 15.7 Å². The van der Waals surface area contributed by atoms with Gasteiger partial charge in [0.05, 0.1) is 11.3 Å². The summed E-state index contributed by atoms with van der Waals surface area (Å²) in [6.07, 6.45) is 0.351. The van der Waals surface area contributed by atoms with Crippen molar-refractivity contribution in [2.75, 3.05) is 5.32 Å². The van der Waals surface area contributed by atoms with E-state index >= 15 is 0 Å². The number of nitrogens with one attached hydrogen (secondary N) is 2. The van der Waals surface area contributed by atoms with Crippen molar-refractivity contribution in [2.24, 2.45) is 0 Å². The van der Waals surface area contributed by atoms with Crippen molar-refractivity contribution >= 4 is 28.3 Å². The molecule has 5 heteroatoms. The molecule has 1 aliphatic heterocycles. The zero-order chi connectivity index (χ0) is 17.4. The van der Waals surface area contributed by atoms with Crippen molar-refractivity contribution in [3.8, 4) is 5.75 Å². The van der Waals surface area contributed by atoms with Crippen LogP contribution < -0.4 is 10.6 Å². The average molecular weight is 332 g/mol. The van der Waals surface area contributed by atoms with E-state index in [1.807, 2.05) is 30.3 Å². The molecule has 124 valence electrons. The molecule has 0 fully saturated rings. The van der Waals surface area contributed by atoms with Crippen LogP contribution in [0.25, 0.3) is 10.8 Å². The number of hydrogen-bond donors (Lipinski definition) is 3. The normalized spacial score (nSPS) is 16.7. The van der Waals surface area contributed by atoms with Crippen LogP contribution in [-0.2, 0) is 11.2 Å². The molecular weight excluding hydrogens is 316 g/mol. The standard InChI is InChI=1S/C20H16N2O3/c23-14-8-5-12(6-9-14)11-17-20(25)22-18-15-4-2-1-3-13(15)7-10-16(18)19(24)21-17/h1-10,17,23H,11H2,(H,21,24)(H,22,25). The molecule has 0 aromatic heterocycles. The Morgan fingerprint density at radius 1 is 0.920 bits per heavy atom. The SMILES string of the molecule is O=C1NC(Cc2ccc(O)cc2)C(=O)Nc2c1ccc1ccccc21. The fourth-order valence-electron chi connectivity index (χ4n) is 3.12. The van der Waals surface area contributed by atoms with Gasteiger partial charge in [-0.15, -0.1) is 0 Å². The van der Waals surface area contributed by atoms with Crippen molar-refractivity contribution in [1.82, 2.24) is 5.32 Å². The predicted molar refractivity (Wildman–Crippen MR) is 95.6 cm³/mol. The highest BCUT2D eigenvalue weighted by Gasteiger charge is 2.28. The third-order valence-electron chi connectivity index (χ3n) is 4.42. The molecule has 1 aliphatic rings. The number of phenolic OH excluding ortho intramolecular Hbond substituents is 1. The number of carbonyl (C=O) groups is 2. The fourth-order valence-corrected chi connectivity index (χ4v) is 3.12. The smallest absolute Gasteiger partial charge is 0.254 e. The van der Waals surface area contributed by atoms with Gasteiger partial charge in [0.2, 0.25) is 5.91 Å². The molecule has 25 heavy (non-hydrogen) atoms. The lowest BCUT2D eigenvalue weighted by Crippen LogP contribution is -2.42. The van der Waals surface area contributed by atoms with Crippen LogP contribution >= 0.6 is 0 Å². The lowest BCUT2D eigenvalue weighted by atomic mass is 10.0. The van der Waals surface area contributed by atoms with E-state index in [1.165, 1.54) is 0 Å². The molecule has 1 atom stereocenters. The maximum absolute atomic E-state index is 12.7. The molecule has 3 aromatic rings. The van der Waals surface area contributed by atoms with E-state index in [4.69, 9.17) is 0 Å². The zero-order valence-corrected chi connectivity index (χ0v) is 13.3. The Balaban J connectivity index is 1.70. The molecular formula is C20H16N2O3. The molecule has 4 rings (SSSR count). The summed E-state index contributed by atoms with van der Waals surface area (Å²) in [6.45, 7) is 0. The summed E-state index contributed by atoms with van der Waals surface area (Å²) < 4.78 is 0. The molecule has 0 aliphatic carbocycles. The molecule has 3 N–H and O–H groups in total. The number of hydrogen-bond acceptors (Lipinski definition) is 3. The summed E-state index contributed by atoms with van der Waals surface area (Å²) >= 11 is 0. The minimum absolute atomic E-state index is 0.164. The molecule has 1 heterocycles. The van der Waals surface area contributed by atoms with Gasteiger partial charge in [0.15, 0.2) is 0 Å². The van der Waals surface area contributed by atoms with E-state index in [0.717, 1.165) is 16.3 Å². The molecule has 0 saturated heterocycles. The van der Waals surface area contributed by atoms with E-state index in [9.17, 15) is 14.7 Å². The van der Waals surface area contributed by atoms with Crippen LogP contribution in [0.4, 0.5) is 5.69 Å². The summed E-state index contributed by atoms with van der Waals surface area (Å²) in [5.41, 5.74) is 1.86. The van der Waals surface area contributed by atoms with E-state index in [-0.39, 0.29) is 17.6 Å². The number of carbonyl (C=O) groups excluding carboxylic acids is 2. The van der Waals surface area contributed by atoms with Crippen LogP contribution in [0.15, 0.2) is 60.7 Å². The first-order chi connectivity index (χ1) is 12.1. The molecule has 0 saturated carbocycles. The van der Waals surface area contributed by atoms with Crippen LogP contribution in [0.1, 0.15) is 15.9 Å². The molecule has 0 radical (unpaired) electrons. The first-order valence-corrected chi connectivity index (χ1v) is 8.03. The van der Waals surface area contributed by atoms with Gasteiger partial charge in [0.1, 0.15) is 11.8 Å². The van der Waals surface area contributed by atoms with Gasteiger partial charge in [0, 0.05) is 11.8 Å². The maximum Gasteiger partial charge on any atom is 0.254 e. The fraction of sp³-hybridized carbons (Fsp3) is 0.100. The first-order valence-electron chi connectivity index (χ1n) is 8.03. The summed E-state index contributed by atoms with van der Waals surface area (Å²) in [5, 5.41) is 16.9. The number of phenols is 1. The predicted octanol–water partition coefficient (Wildman–Crippen LogP) is 2.84. The van der Waals surface area contributed by atoms with Crippen LogP contribution in [-0.4, -0.2) is 23.0 Å². The first kappa shape index (κ1) is 15.2. The second-order valence-corrected chi connectivity index (χ2v) is 6.10. The van der Waals surface area contributed by atoms with Gasteiger partial charge in [-0.2, -0.15) is 0 Å². The van der Waals surface area contributed by atoms with Gasteiger partial charge in [-0.05, 0) is 29.1 Å². The second kappa shape index (κ2) is 5.94. The van der Waals surface area contributed by atoms with Crippen molar-refractivity contribution in [2.45, 2.75) is 12.5 Å². The monoisotopic (exact) mass is 332 g/mol. The Morgan fingerprint density at radius 2 is 1.68 bits per heavy atom. The van der Waals surface area contributed by atoms with Crippen molar-refractivity contribution < 1.29 is 14.7 Å². The van der Waals surface area contributed by atoms with E-state index < -0.39 is 6.04 Å². The van der Waals surface area contributed by atoms with Crippen LogP contribution in [0.5, 0.6) is 5.75 Å². The van der Waals surface area contributed by atoms with Gasteiger partial charge in [-0.25, -0.2) is 0 Å². The Bertz CT molecular complexity index is 980. The number of fused-ring (bicyclic) bond motifs is 3. The van der Waals surface area contributed by atoms with Crippen molar-refractivity contribution in [3.05, 3.63) is 71.8 Å². The Hall–Kier alpha value is -3.34. The highest BCUT2D eigenvalue weighted by Crippen LogP contribution is 2.29. The number of benzene rings is 3. The number of anilines is 1. The van der Waals surface area contributed by atoms with Gasteiger partial charge in [-0.3, -0.25) is 9.59 Å². The third kappa shape index (κ3) is 2.80. The summed E-state index contributed by atoms with van der Waals surface area (Å²) in [7, 11) is 0. The summed E-state index contributed by atoms with van der Waals surface area (Å²) in [6, 6.07) is 17.2. The van der Waals surface area contributed by atoms with Crippen molar-refractivity contribution in [1.29, 1.82) is 0 Å². The van der Waals surface area contributed by atoms with Crippen molar-refractivity contribution in [3.63, 3.8) is 0 Å². The van der Waals surface area contributed by atoms with Gasteiger partial charge in [0.25, 0.3) is 5.91 Å². The molecule has 2 amide bonds. The zero-order valence-electron chi connectivity index (χ0n) is 13.3. The van der Waals surface area contributed by atoms with E-state index in [1.54, 1.807) is 30.3 Å². The average Bonchev–Trinajstić information content (AvgIpc) is 2.74. The topological polar surface area (TPSA) is 78.4 Å². The Morgan fingerprint density at radius 3 is 2.48 bits per heavy atom. The van der Waals surface area contributed by atoms with Gasteiger partial charge in [-0.1, -0.05) is 42.5 Å². The molecule has 5 nitrogen and oxygen atoms in total. The summed E-state index contributed by atoms with van der Waals surface area (Å²) in [4.78, 5) is 25.3. The van der Waals surface area contributed by atoms with Crippen LogP contribution in [0.2, 0.25) is 0 Å². The highest BCUT2D eigenvalue weighted by molar-refractivity contribution is 6.16. The minimum Gasteiger partial charge on any atom is -0.508 e. The van der Waals surface area contributed by atoms with Gasteiger partial charge >= 0.3 is 0 Å². The summed E-state index contributed by atoms with van der Waals surface area (Å²) in [5.74, 6) is -0.364. The van der Waals surface area contributed by atoms with E-state index in [0.29, 0.717) is 17.7 Å². The van der Waals surface area contributed by atoms with Crippen LogP contribution in [0.3, 0.4) is 0 Å². The molecule has 1 unspecified atom stereocenters. The van der Waals surface area contributed by atoms with Crippen LogP contribution in [0, 0.1) is 0 Å². The largest absolute Gasteiger partial charge is 0.508 e. The minimum atomic E-state index is -0.678. The Labute approximate surface area is 144 Å².